The molecule has 0 aromatic heterocycles. The third-order valence-electron chi connectivity index (χ3n) is 5.92. The summed E-state index contributed by atoms with van der Waals surface area (Å²) >= 11 is 6.14. The molecule has 2 heterocycles. The van der Waals surface area contributed by atoms with Gasteiger partial charge in [0.05, 0.1) is 6.61 Å². The van der Waals surface area contributed by atoms with Crippen LogP contribution in [0.15, 0.2) is 29.3 Å². The summed E-state index contributed by atoms with van der Waals surface area (Å²) in [6, 6.07) is 8.18. The van der Waals surface area contributed by atoms with Gasteiger partial charge in [0.1, 0.15) is 0 Å². The lowest BCUT2D eigenvalue weighted by Crippen LogP contribution is -2.46. The van der Waals surface area contributed by atoms with Crippen molar-refractivity contribution in [2.45, 2.75) is 26.7 Å². The van der Waals surface area contributed by atoms with Gasteiger partial charge in [-0.2, -0.15) is 0 Å². The van der Waals surface area contributed by atoms with E-state index >= 15 is 0 Å². The molecule has 6 nitrogen and oxygen atoms in total. The van der Waals surface area contributed by atoms with Crippen molar-refractivity contribution in [2.24, 2.45) is 10.9 Å². The zero-order valence-corrected chi connectivity index (χ0v) is 22.1. The summed E-state index contributed by atoms with van der Waals surface area (Å²) in [5.41, 5.74) is 1.23. The van der Waals surface area contributed by atoms with Crippen LogP contribution < -0.4 is 10.2 Å². The number of anilines is 1. The number of piperazine rings is 1. The minimum absolute atomic E-state index is 0. The largest absolute Gasteiger partial charge is 0.381 e. The Bertz CT molecular complexity index is 669. The smallest absolute Gasteiger partial charge is 0.193 e. The predicted molar refractivity (Wildman–Crippen MR) is 142 cm³/mol. The van der Waals surface area contributed by atoms with Crippen molar-refractivity contribution in [3.05, 3.63) is 29.3 Å². The lowest BCUT2D eigenvalue weighted by atomic mass is 10.1. The molecule has 2 saturated heterocycles. The zero-order chi connectivity index (χ0) is 21.2. The van der Waals surface area contributed by atoms with Crippen LogP contribution in [0.1, 0.15) is 26.7 Å². The van der Waals surface area contributed by atoms with E-state index in [0.29, 0.717) is 5.92 Å². The van der Waals surface area contributed by atoms with Crippen LogP contribution in [0.4, 0.5) is 5.69 Å². The zero-order valence-electron chi connectivity index (χ0n) is 19.1. The molecule has 31 heavy (non-hydrogen) atoms. The molecule has 0 saturated carbocycles. The van der Waals surface area contributed by atoms with E-state index in [1.54, 1.807) is 0 Å². The van der Waals surface area contributed by atoms with E-state index in [0.717, 1.165) is 89.5 Å². The highest BCUT2D eigenvalue weighted by molar-refractivity contribution is 14.0. The first-order valence-electron chi connectivity index (χ1n) is 11.5. The van der Waals surface area contributed by atoms with Crippen molar-refractivity contribution >= 4 is 47.2 Å². The van der Waals surface area contributed by atoms with Crippen LogP contribution in [0.3, 0.4) is 0 Å². The first-order chi connectivity index (χ1) is 14.7. The van der Waals surface area contributed by atoms with Gasteiger partial charge >= 0.3 is 0 Å². The van der Waals surface area contributed by atoms with E-state index in [9.17, 15) is 0 Å². The summed E-state index contributed by atoms with van der Waals surface area (Å²) in [4.78, 5) is 12.3. The maximum absolute atomic E-state index is 6.14. The van der Waals surface area contributed by atoms with Gasteiger partial charge in [0.2, 0.25) is 0 Å². The fraction of sp³-hybridized carbons (Fsp3) is 0.696. The lowest BCUT2D eigenvalue weighted by Gasteiger charge is -2.36. The molecule has 3 rings (SSSR count). The molecule has 1 aromatic rings. The highest BCUT2D eigenvalue weighted by atomic mass is 127. The van der Waals surface area contributed by atoms with Gasteiger partial charge < -0.3 is 19.9 Å². The summed E-state index contributed by atoms with van der Waals surface area (Å²) in [6.07, 6.45) is 2.30. The van der Waals surface area contributed by atoms with Crippen LogP contribution in [-0.2, 0) is 4.74 Å². The summed E-state index contributed by atoms with van der Waals surface area (Å²) in [6.45, 7) is 15.2. The Morgan fingerprint density at radius 2 is 2.00 bits per heavy atom. The van der Waals surface area contributed by atoms with Crippen LogP contribution in [0.2, 0.25) is 5.02 Å². The van der Waals surface area contributed by atoms with E-state index < -0.39 is 0 Å². The van der Waals surface area contributed by atoms with Crippen molar-refractivity contribution in [3.8, 4) is 0 Å². The van der Waals surface area contributed by atoms with Gasteiger partial charge in [-0.15, -0.1) is 24.0 Å². The molecule has 1 aromatic carbocycles. The molecule has 1 N–H and O–H groups in total. The van der Waals surface area contributed by atoms with E-state index in [4.69, 9.17) is 21.3 Å². The van der Waals surface area contributed by atoms with Crippen LogP contribution >= 0.6 is 35.6 Å². The second kappa shape index (κ2) is 14.4. The van der Waals surface area contributed by atoms with E-state index in [1.165, 1.54) is 12.1 Å². The molecule has 2 fully saturated rings. The van der Waals surface area contributed by atoms with E-state index in [1.807, 2.05) is 12.1 Å². The molecule has 0 radical (unpaired) electrons. The molecular formula is C23H39ClIN5O. The SMILES string of the molecule is CCNC(=NCCCN1CCN(c2cccc(Cl)c2)CC1)N1CCC(COCC)C1.I. The van der Waals surface area contributed by atoms with Crippen molar-refractivity contribution in [2.75, 3.05) is 77.0 Å². The van der Waals surface area contributed by atoms with Gasteiger partial charge in [-0.05, 0) is 44.9 Å². The maximum atomic E-state index is 6.14. The number of guanidine groups is 1. The number of nitrogens with one attached hydrogen (secondary N) is 1. The van der Waals surface area contributed by atoms with Crippen molar-refractivity contribution in [1.82, 2.24) is 15.1 Å². The average molecular weight is 564 g/mol. The van der Waals surface area contributed by atoms with Gasteiger partial charge in [0, 0.05) is 82.1 Å². The van der Waals surface area contributed by atoms with Gasteiger partial charge in [-0.25, -0.2) is 0 Å². The number of rotatable bonds is 9. The summed E-state index contributed by atoms with van der Waals surface area (Å²) in [5.74, 6) is 1.70. The van der Waals surface area contributed by atoms with Crippen molar-refractivity contribution < 1.29 is 4.74 Å². The van der Waals surface area contributed by atoms with E-state index in [2.05, 4.69) is 46.0 Å². The number of hydrogen-bond donors (Lipinski definition) is 1. The highest BCUT2D eigenvalue weighted by Crippen LogP contribution is 2.21. The third kappa shape index (κ3) is 8.59. The Labute approximate surface area is 210 Å². The topological polar surface area (TPSA) is 43.3 Å². The molecule has 1 unspecified atom stereocenters. The van der Waals surface area contributed by atoms with Crippen LogP contribution in [0.25, 0.3) is 0 Å². The van der Waals surface area contributed by atoms with Crippen molar-refractivity contribution in [3.63, 3.8) is 0 Å². The highest BCUT2D eigenvalue weighted by Gasteiger charge is 2.24. The second-order valence-electron chi connectivity index (χ2n) is 8.16. The number of benzene rings is 1. The molecular weight excluding hydrogens is 525 g/mol. The quantitative estimate of drug-likeness (QED) is 0.214. The van der Waals surface area contributed by atoms with Crippen LogP contribution in [0, 0.1) is 5.92 Å². The normalized spacial score (nSPS) is 20.1. The fourth-order valence-corrected chi connectivity index (χ4v) is 4.44. The summed E-state index contributed by atoms with van der Waals surface area (Å²) in [5, 5.41) is 4.28. The summed E-state index contributed by atoms with van der Waals surface area (Å²) < 4.78 is 5.61. The van der Waals surface area contributed by atoms with Gasteiger partial charge in [0.15, 0.2) is 5.96 Å². The van der Waals surface area contributed by atoms with Gasteiger partial charge in [0.25, 0.3) is 0 Å². The van der Waals surface area contributed by atoms with Crippen molar-refractivity contribution in [1.29, 1.82) is 0 Å². The molecule has 1 atom stereocenters. The average Bonchev–Trinajstić information content (AvgIpc) is 3.24. The fourth-order valence-electron chi connectivity index (χ4n) is 4.25. The van der Waals surface area contributed by atoms with Gasteiger partial charge in [-0.3, -0.25) is 9.89 Å². The molecule has 0 spiro atoms. The number of nitrogens with zero attached hydrogens (tertiary/aromatic N) is 4. The molecule has 0 bridgehead atoms. The molecule has 2 aliphatic heterocycles. The lowest BCUT2D eigenvalue weighted by molar-refractivity contribution is 0.114. The third-order valence-corrected chi connectivity index (χ3v) is 6.15. The van der Waals surface area contributed by atoms with E-state index in [-0.39, 0.29) is 24.0 Å². The van der Waals surface area contributed by atoms with Gasteiger partial charge in [-0.1, -0.05) is 17.7 Å². The monoisotopic (exact) mass is 563 g/mol. The standard InChI is InChI=1S/C23H38ClN5O.HI/c1-3-25-23(29-12-9-20(18-29)19-30-4-2)26-10-6-11-27-13-15-28(16-14-27)22-8-5-7-21(24)17-22;/h5,7-8,17,20H,3-4,6,9-16,18-19H2,1-2H3,(H,25,26);1H. The molecule has 176 valence electrons. The molecule has 8 heteroatoms. The second-order valence-corrected chi connectivity index (χ2v) is 8.59. The number of aliphatic imine (C=N–C) groups is 1. The van der Waals surface area contributed by atoms with Crippen LogP contribution in [0.5, 0.6) is 0 Å². The number of ether oxygens (including phenoxy) is 1. The number of halogens is 2. The number of likely N-dealkylation sites (tertiary alicyclic amines) is 1. The minimum atomic E-state index is 0. The predicted octanol–water partition coefficient (Wildman–Crippen LogP) is 3.79. The first kappa shape index (κ1) is 26.5. The molecule has 0 amide bonds. The Balaban J connectivity index is 0.00000341. The first-order valence-corrected chi connectivity index (χ1v) is 11.9. The Kier molecular flexibility index (Phi) is 12.3. The minimum Gasteiger partial charge on any atom is -0.381 e. The molecule has 0 aliphatic carbocycles. The number of hydrogen-bond acceptors (Lipinski definition) is 4. The molecule has 2 aliphatic rings. The van der Waals surface area contributed by atoms with Crippen LogP contribution in [-0.4, -0.2) is 87.9 Å². The Hall–Kier alpha value is -0.770. The Morgan fingerprint density at radius 1 is 1.19 bits per heavy atom. The maximum Gasteiger partial charge on any atom is 0.193 e. The summed E-state index contributed by atoms with van der Waals surface area (Å²) in [7, 11) is 0. The Morgan fingerprint density at radius 3 is 2.71 bits per heavy atom.